The minimum atomic E-state index is -1.41. The predicted octanol–water partition coefficient (Wildman–Crippen LogP) is 1.70. The van der Waals surface area contributed by atoms with E-state index in [0.29, 0.717) is 19.3 Å². The lowest BCUT2D eigenvalue weighted by Gasteiger charge is -2.25. The van der Waals surface area contributed by atoms with Gasteiger partial charge in [0, 0.05) is 30.8 Å². The molecular formula is C11H19NO4. The molecule has 0 aromatic rings. The topological polar surface area (TPSA) is 80.4 Å². The minimum absolute atomic E-state index is 0.0944. The van der Waals surface area contributed by atoms with Crippen LogP contribution in [-0.4, -0.2) is 28.0 Å². The number of carbonyl (C=O) groups is 1. The van der Waals surface area contributed by atoms with Gasteiger partial charge in [-0.25, -0.2) is 0 Å². The normalized spacial score (nSPS) is 27.2. The molecule has 1 saturated carbocycles. The van der Waals surface area contributed by atoms with E-state index in [9.17, 15) is 14.9 Å². The largest absolute Gasteiger partial charge is 0.396 e. The first-order chi connectivity index (χ1) is 7.63. The number of rotatable bonds is 4. The number of carbonyl (C=O) groups excluding carboxylic acids is 1. The molecule has 1 aliphatic carbocycles. The van der Waals surface area contributed by atoms with Crippen molar-refractivity contribution < 1.29 is 14.8 Å². The molecular weight excluding hydrogens is 210 g/mol. The molecule has 0 heterocycles. The molecule has 5 heteroatoms. The van der Waals surface area contributed by atoms with E-state index in [0.717, 1.165) is 25.7 Å². The number of nitro groups is 1. The van der Waals surface area contributed by atoms with E-state index in [2.05, 4.69) is 0 Å². The van der Waals surface area contributed by atoms with E-state index in [1.54, 1.807) is 0 Å². The average molecular weight is 229 g/mol. The SMILES string of the molecule is O=C1CCCCCCC1(CCCO)[N+](=O)[O-]. The molecule has 0 amide bonds. The predicted molar refractivity (Wildman–Crippen MR) is 58.8 cm³/mol. The van der Waals surface area contributed by atoms with Crippen molar-refractivity contribution in [1.82, 2.24) is 0 Å². The summed E-state index contributed by atoms with van der Waals surface area (Å²) in [5.41, 5.74) is -1.41. The summed E-state index contributed by atoms with van der Waals surface area (Å²) < 4.78 is 0. The smallest absolute Gasteiger partial charge is 0.279 e. The summed E-state index contributed by atoms with van der Waals surface area (Å²) in [6, 6.07) is 0. The van der Waals surface area contributed by atoms with Crippen LogP contribution in [0.25, 0.3) is 0 Å². The molecule has 0 aromatic carbocycles. The first kappa shape index (κ1) is 13.1. The second-order valence-corrected chi connectivity index (χ2v) is 4.45. The van der Waals surface area contributed by atoms with Gasteiger partial charge in [0.05, 0.1) is 0 Å². The molecule has 0 radical (unpaired) electrons. The van der Waals surface area contributed by atoms with Crippen molar-refractivity contribution in [2.24, 2.45) is 0 Å². The Morgan fingerprint density at radius 3 is 2.62 bits per heavy atom. The first-order valence-corrected chi connectivity index (χ1v) is 5.92. The molecule has 0 spiro atoms. The fourth-order valence-electron chi connectivity index (χ4n) is 2.35. The number of Topliss-reactive ketones (excluding diaryl/α,β-unsaturated/α-hetero) is 1. The molecule has 1 atom stereocenters. The van der Waals surface area contributed by atoms with Crippen LogP contribution in [0.4, 0.5) is 0 Å². The van der Waals surface area contributed by atoms with Gasteiger partial charge in [0.2, 0.25) is 5.78 Å². The Morgan fingerprint density at radius 2 is 2.00 bits per heavy atom. The minimum Gasteiger partial charge on any atom is -0.396 e. The van der Waals surface area contributed by atoms with Crippen LogP contribution in [0.1, 0.15) is 51.4 Å². The second-order valence-electron chi connectivity index (χ2n) is 4.45. The van der Waals surface area contributed by atoms with Crippen LogP contribution in [-0.2, 0) is 4.79 Å². The Morgan fingerprint density at radius 1 is 1.31 bits per heavy atom. The number of nitrogens with zero attached hydrogens (tertiary/aromatic N) is 1. The maximum Gasteiger partial charge on any atom is 0.279 e. The summed E-state index contributed by atoms with van der Waals surface area (Å²) in [7, 11) is 0. The highest BCUT2D eigenvalue weighted by Crippen LogP contribution is 2.30. The van der Waals surface area contributed by atoms with Gasteiger partial charge in [-0.15, -0.1) is 0 Å². The molecule has 5 nitrogen and oxygen atoms in total. The molecule has 1 fully saturated rings. The van der Waals surface area contributed by atoms with Crippen LogP contribution < -0.4 is 0 Å². The van der Waals surface area contributed by atoms with Crippen molar-refractivity contribution in [2.45, 2.75) is 56.9 Å². The van der Waals surface area contributed by atoms with E-state index in [4.69, 9.17) is 5.11 Å². The van der Waals surface area contributed by atoms with Gasteiger partial charge in [-0.1, -0.05) is 12.8 Å². The Labute approximate surface area is 95.0 Å². The lowest BCUT2D eigenvalue weighted by atomic mass is 9.80. The van der Waals surface area contributed by atoms with Crippen molar-refractivity contribution in [3.05, 3.63) is 10.1 Å². The third kappa shape index (κ3) is 2.78. The van der Waals surface area contributed by atoms with Gasteiger partial charge in [-0.05, 0) is 19.3 Å². The Hall–Kier alpha value is -0.970. The Bertz CT molecular complexity index is 263. The maximum absolute atomic E-state index is 11.9. The second kappa shape index (κ2) is 5.94. The fourth-order valence-corrected chi connectivity index (χ4v) is 2.35. The van der Waals surface area contributed by atoms with Gasteiger partial charge >= 0.3 is 0 Å². The standard InChI is InChI=1S/C11H19NO4/c13-9-5-8-11(12(15)16)7-4-2-1-3-6-10(11)14/h13H,1-9H2. The molecule has 0 aliphatic heterocycles. The monoisotopic (exact) mass is 229 g/mol. The quantitative estimate of drug-likeness (QED) is 0.587. The molecule has 92 valence electrons. The molecule has 1 unspecified atom stereocenters. The van der Waals surface area contributed by atoms with Crippen LogP contribution >= 0.6 is 0 Å². The molecule has 0 bridgehead atoms. The third-order valence-electron chi connectivity index (χ3n) is 3.36. The van der Waals surface area contributed by atoms with Crippen molar-refractivity contribution in [3.63, 3.8) is 0 Å². The molecule has 0 saturated heterocycles. The number of hydrogen-bond donors (Lipinski definition) is 1. The number of aliphatic hydroxyl groups is 1. The van der Waals surface area contributed by atoms with E-state index in [1.165, 1.54) is 0 Å². The average Bonchev–Trinajstić information content (AvgIpc) is 2.23. The van der Waals surface area contributed by atoms with Crippen LogP contribution in [0.15, 0.2) is 0 Å². The lowest BCUT2D eigenvalue weighted by Crippen LogP contribution is -2.47. The Balaban J connectivity index is 2.83. The molecule has 1 aliphatic rings. The van der Waals surface area contributed by atoms with Crippen molar-refractivity contribution in [1.29, 1.82) is 0 Å². The zero-order valence-corrected chi connectivity index (χ0v) is 9.48. The van der Waals surface area contributed by atoms with Crippen molar-refractivity contribution >= 4 is 5.78 Å². The molecule has 16 heavy (non-hydrogen) atoms. The highest BCUT2D eigenvalue weighted by Gasteiger charge is 2.48. The van der Waals surface area contributed by atoms with Gasteiger partial charge in [0.15, 0.2) is 0 Å². The van der Waals surface area contributed by atoms with E-state index >= 15 is 0 Å². The fraction of sp³-hybridized carbons (Fsp3) is 0.909. The van der Waals surface area contributed by atoms with Gasteiger partial charge < -0.3 is 5.11 Å². The maximum atomic E-state index is 11.9. The zero-order chi connectivity index (χ0) is 12.0. The number of aliphatic hydroxyl groups excluding tert-OH is 1. The van der Waals surface area contributed by atoms with Crippen molar-refractivity contribution in [3.8, 4) is 0 Å². The zero-order valence-electron chi connectivity index (χ0n) is 9.48. The van der Waals surface area contributed by atoms with E-state index < -0.39 is 10.5 Å². The summed E-state index contributed by atoms with van der Waals surface area (Å²) in [6.07, 6.45) is 4.58. The van der Waals surface area contributed by atoms with Gasteiger partial charge in [0.1, 0.15) is 0 Å². The molecule has 0 aromatic heterocycles. The van der Waals surface area contributed by atoms with Crippen LogP contribution in [0.5, 0.6) is 0 Å². The molecule has 1 N–H and O–H groups in total. The molecule has 1 rings (SSSR count). The van der Waals surface area contributed by atoms with E-state index in [1.807, 2.05) is 0 Å². The number of hydrogen-bond acceptors (Lipinski definition) is 4. The highest BCUT2D eigenvalue weighted by atomic mass is 16.6. The van der Waals surface area contributed by atoms with E-state index in [-0.39, 0.29) is 18.8 Å². The summed E-state index contributed by atoms with van der Waals surface area (Å²) in [5.74, 6) is -0.245. The Kier molecular flexibility index (Phi) is 4.86. The van der Waals surface area contributed by atoms with Crippen molar-refractivity contribution in [2.75, 3.05) is 6.61 Å². The summed E-state index contributed by atoms with van der Waals surface area (Å²) in [6.45, 7) is -0.0944. The van der Waals surface area contributed by atoms with Gasteiger partial charge in [-0.3, -0.25) is 14.9 Å². The van der Waals surface area contributed by atoms with Crippen LogP contribution in [0, 0.1) is 10.1 Å². The summed E-state index contributed by atoms with van der Waals surface area (Å²) >= 11 is 0. The summed E-state index contributed by atoms with van der Waals surface area (Å²) in [4.78, 5) is 22.7. The number of ketones is 1. The highest BCUT2D eigenvalue weighted by molar-refractivity contribution is 5.87. The van der Waals surface area contributed by atoms with Crippen LogP contribution in [0.2, 0.25) is 0 Å². The van der Waals surface area contributed by atoms with Gasteiger partial charge in [0.25, 0.3) is 5.54 Å². The van der Waals surface area contributed by atoms with Gasteiger partial charge in [-0.2, -0.15) is 0 Å². The lowest BCUT2D eigenvalue weighted by molar-refractivity contribution is -0.555. The first-order valence-electron chi connectivity index (χ1n) is 5.92. The third-order valence-corrected chi connectivity index (χ3v) is 3.36. The summed E-state index contributed by atoms with van der Waals surface area (Å²) in [5, 5.41) is 19.9. The van der Waals surface area contributed by atoms with Crippen LogP contribution in [0.3, 0.4) is 0 Å².